The molecule has 0 heterocycles. The second kappa shape index (κ2) is 4.38. The Morgan fingerprint density at radius 3 is 2.40 bits per heavy atom. The molecule has 0 aliphatic heterocycles. The molecule has 0 saturated heterocycles. The number of methoxy groups -OCH3 is 1. The molecular weight excluding hydrogens is 126 g/mol. The molecule has 0 atom stereocenters. The van der Waals surface area contributed by atoms with Gasteiger partial charge in [0.1, 0.15) is 0 Å². The minimum atomic E-state index is -0.319. The van der Waals surface area contributed by atoms with Gasteiger partial charge in [0.15, 0.2) is 11.6 Å². The van der Waals surface area contributed by atoms with Crippen LogP contribution in [-0.4, -0.2) is 7.11 Å². The number of rotatable bonds is 1. The van der Waals surface area contributed by atoms with E-state index in [2.05, 4.69) is 4.74 Å². The average molecular weight is 134 g/mol. The maximum atomic E-state index is 12.5. The molecule has 0 aliphatic carbocycles. The summed E-state index contributed by atoms with van der Waals surface area (Å²) >= 11 is 0. The summed E-state index contributed by atoms with van der Waals surface area (Å²) in [6.07, 6.45) is 0. The smallest absolute Gasteiger partial charge is 1.00 e. The third-order valence-electron chi connectivity index (χ3n) is 1.06. The summed E-state index contributed by atoms with van der Waals surface area (Å²) in [6.45, 7) is 0. The average Bonchev–Trinajstić information content (AvgIpc) is 1.89. The van der Waals surface area contributed by atoms with Crippen LogP contribution in [0.5, 0.6) is 5.75 Å². The predicted molar refractivity (Wildman–Crippen MR) is 34.1 cm³/mol. The van der Waals surface area contributed by atoms with Gasteiger partial charge in [0.05, 0.1) is 7.11 Å². The van der Waals surface area contributed by atoms with Crippen LogP contribution < -0.4 is 23.6 Å². The molecule has 50 valence electrons. The molecule has 1 rings (SSSR count). The van der Waals surface area contributed by atoms with Crippen molar-refractivity contribution in [2.75, 3.05) is 7.11 Å². The normalized spacial score (nSPS) is 8.20. The fourth-order valence-corrected chi connectivity index (χ4v) is 0.610. The van der Waals surface area contributed by atoms with Gasteiger partial charge in [0.2, 0.25) is 0 Å². The van der Waals surface area contributed by atoms with Gasteiger partial charge in [-0.1, -0.05) is 12.1 Å². The second-order valence-corrected chi connectivity index (χ2v) is 1.63. The first-order chi connectivity index (χ1) is 4.34. The van der Waals surface area contributed by atoms with Crippen LogP contribution >= 0.6 is 0 Å². The van der Waals surface area contributed by atoms with Crippen molar-refractivity contribution in [3.63, 3.8) is 0 Å². The van der Waals surface area contributed by atoms with Gasteiger partial charge in [-0.3, -0.25) is 0 Å². The summed E-state index contributed by atoms with van der Waals surface area (Å²) in [5.41, 5.74) is 0. The fraction of sp³-hybridized carbons (Fsp3) is 0.143. The van der Waals surface area contributed by atoms with Gasteiger partial charge in [0.25, 0.3) is 0 Å². The van der Waals surface area contributed by atoms with Crippen LogP contribution in [0.25, 0.3) is 0 Å². The zero-order valence-electron chi connectivity index (χ0n) is 7.10. The largest absolute Gasteiger partial charge is 1.00 e. The van der Waals surface area contributed by atoms with E-state index in [4.69, 9.17) is 0 Å². The van der Waals surface area contributed by atoms with Crippen molar-refractivity contribution < 1.29 is 29.4 Å². The number of halogens is 1. The fourth-order valence-electron chi connectivity index (χ4n) is 0.610. The van der Waals surface area contributed by atoms with E-state index >= 15 is 0 Å². The Labute approximate surface area is 72.9 Å². The van der Waals surface area contributed by atoms with Crippen molar-refractivity contribution in [3.8, 4) is 5.75 Å². The molecule has 1 aromatic carbocycles. The maximum Gasteiger partial charge on any atom is 1.00 e. The van der Waals surface area contributed by atoms with Gasteiger partial charge in [-0.05, 0) is 12.1 Å². The molecule has 0 spiro atoms. The molecule has 1 aromatic rings. The van der Waals surface area contributed by atoms with Crippen LogP contribution in [-0.2, 0) is 0 Å². The second-order valence-electron chi connectivity index (χ2n) is 1.63. The van der Waals surface area contributed by atoms with Crippen molar-refractivity contribution in [2.45, 2.75) is 0 Å². The topological polar surface area (TPSA) is 9.23 Å². The van der Waals surface area contributed by atoms with E-state index in [-0.39, 0.29) is 31.9 Å². The molecule has 1 nitrogen and oxygen atoms in total. The number of hydrogen-bond donors (Lipinski definition) is 0. The maximum absolute atomic E-state index is 12.5. The summed E-state index contributed by atoms with van der Waals surface area (Å²) in [7, 11) is 1.44. The quantitative estimate of drug-likeness (QED) is 0.445. The Morgan fingerprint density at radius 1 is 1.40 bits per heavy atom. The third kappa shape index (κ3) is 2.06. The van der Waals surface area contributed by atoms with Gasteiger partial charge in [0, 0.05) is 0 Å². The van der Waals surface area contributed by atoms with Gasteiger partial charge < -0.3 is 6.16 Å². The van der Waals surface area contributed by atoms with Gasteiger partial charge in [-0.25, -0.2) is 4.39 Å². The Kier molecular flexibility index (Phi) is 4.18. The Morgan fingerprint density at radius 2 is 2.00 bits per heavy atom. The number of hydrogen-bond acceptors (Lipinski definition) is 1. The molecule has 0 amide bonds. The van der Waals surface area contributed by atoms with Gasteiger partial charge in [-0.15, -0.1) is 0 Å². The number of ether oxygens (including phenoxy) is 1. The van der Waals surface area contributed by atoms with E-state index in [1.807, 2.05) is 0 Å². The van der Waals surface area contributed by atoms with Crippen molar-refractivity contribution in [2.24, 2.45) is 0 Å². The zero-order chi connectivity index (χ0) is 6.69. The minimum absolute atomic E-state index is 0. The molecule has 0 saturated carbocycles. The molecule has 0 aromatic heterocycles. The van der Waals surface area contributed by atoms with Crippen molar-refractivity contribution in [3.05, 3.63) is 30.1 Å². The molecule has 0 unspecified atom stereocenters. The van der Waals surface area contributed by atoms with E-state index in [1.54, 1.807) is 18.2 Å². The molecule has 0 bridgehead atoms. The van der Waals surface area contributed by atoms with Crippen LogP contribution in [0.3, 0.4) is 0 Å². The molecule has 10 heavy (non-hydrogen) atoms. The predicted octanol–water partition coefficient (Wildman–Crippen LogP) is -1.05. The van der Waals surface area contributed by atoms with E-state index < -0.39 is 0 Å². The summed E-state index contributed by atoms with van der Waals surface area (Å²) in [5, 5.41) is 0. The van der Waals surface area contributed by atoms with E-state index in [9.17, 15) is 4.39 Å². The molecule has 0 N–H and O–H groups in total. The summed E-state index contributed by atoms with van der Waals surface area (Å²) in [5.74, 6) is -0.0301. The Balaban J connectivity index is 0. The zero-order valence-corrected chi connectivity index (χ0v) is 6.10. The van der Waals surface area contributed by atoms with Crippen LogP contribution in [0.1, 0.15) is 1.43 Å². The third-order valence-corrected chi connectivity index (χ3v) is 1.06. The summed E-state index contributed by atoms with van der Waals surface area (Å²) < 4.78 is 17.1. The summed E-state index contributed by atoms with van der Waals surface area (Å²) in [4.78, 5) is 0. The Hall–Kier alpha value is -0.453. The summed E-state index contributed by atoms with van der Waals surface area (Å²) in [6, 6.07) is 6.29. The molecule has 0 radical (unpaired) electrons. The van der Waals surface area contributed by atoms with Gasteiger partial charge >= 0.3 is 18.9 Å². The van der Waals surface area contributed by atoms with E-state index in [0.717, 1.165) is 0 Å². The SMILES string of the molecule is COc1ccccc1F.[H-].[Li+]. The monoisotopic (exact) mass is 134 g/mol. The number of benzene rings is 1. The number of para-hydroxylation sites is 1. The molecular formula is C7H8FLiO. The first kappa shape index (κ1) is 9.55. The first-order valence-corrected chi connectivity index (χ1v) is 2.63. The van der Waals surface area contributed by atoms with Crippen molar-refractivity contribution in [1.82, 2.24) is 0 Å². The van der Waals surface area contributed by atoms with Crippen LogP contribution in [0, 0.1) is 5.82 Å². The Bertz CT molecular complexity index is 207. The standard InChI is InChI=1S/C7H7FO.Li.H/c1-9-7-5-3-2-4-6(7)8;;/h2-5H,1H3;;/q;+1;-1. The molecule has 0 fully saturated rings. The van der Waals surface area contributed by atoms with Crippen LogP contribution in [0.2, 0.25) is 0 Å². The van der Waals surface area contributed by atoms with Crippen LogP contribution in [0.15, 0.2) is 24.3 Å². The van der Waals surface area contributed by atoms with E-state index in [1.165, 1.54) is 13.2 Å². The van der Waals surface area contributed by atoms with Crippen LogP contribution in [0.4, 0.5) is 4.39 Å². The van der Waals surface area contributed by atoms with E-state index in [0.29, 0.717) is 0 Å². The molecule has 0 aliphatic rings. The minimum Gasteiger partial charge on any atom is -1.00 e. The molecule has 3 heteroatoms. The van der Waals surface area contributed by atoms with Crippen molar-refractivity contribution >= 4 is 0 Å². The van der Waals surface area contributed by atoms with Crippen molar-refractivity contribution in [1.29, 1.82) is 0 Å². The first-order valence-electron chi connectivity index (χ1n) is 2.63. The van der Waals surface area contributed by atoms with Gasteiger partial charge in [-0.2, -0.15) is 0 Å².